The predicted molar refractivity (Wildman–Crippen MR) is 66.4 cm³/mol. The highest BCUT2D eigenvalue weighted by molar-refractivity contribution is 5.68. The smallest absolute Gasteiger partial charge is 0.123 e. The number of hydrogen-bond acceptors (Lipinski definition) is 1. The van der Waals surface area contributed by atoms with Crippen molar-refractivity contribution in [3.63, 3.8) is 0 Å². The summed E-state index contributed by atoms with van der Waals surface area (Å²) in [6.07, 6.45) is 0. The Morgan fingerprint density at radius 2 is 1.31 bits per heavy atom. The summed E-state index contributed by atoms with van der Waals surface area (Å²) in [5.41, 5.74) is 8.95. The Balaban J connectivity index is 2.34. The normalized spacial score (nSPS) is 10.1. The summed E-state index contributed by atoms with van der Waals surface area (Å²) < 4.78 is 12.8. The fraction of sp³-hybridized carbons (Fsp3) is 0. The minimum absolute atomic E-state index is 0.413. The molecule has 2 aromatic carbocycles. The van der Waals surface area contributed by atoms with Gasteiger partial charge in [0.15, 0.2) is 0 Å². The highest BCUT2D eigenvalue weighted by Gasteiger charge is 1.99. The van der Waals surface area contributed by atoms with E-state index in [0.717, 1.165) is 16.8 Å². The molecule has 2 heteroatoms. The first kappa shape index (κ1) is 10.4. The Morgan fingerprint density at radius 1 is 0.875 bits per heavy atom. The zero-order chi connectivity index (χ0) is 11.5. The first-order valence-electron chi connectivity index (χ1n) is 4.97. The Labute approximate surface area is 94.0 Å². The molecule has 0 spiro atoms. The van der Waals surface area contributed by atoms with Crippen molar-refractivity contribution in [2.24, 2.45) is 0 Å². The van der Waals surface area contributed by atoms with Crippen LogP contribution in [0.2, 0.25) is 0 Å². The SMILES string of the molecule is C=C(F)c1ccc(-c2ccc(N)cc2)cc1. The van der Waals surface area contributed by atoms with Crippen LogP contribution in [0.4, 0.5) is 10.1 Å². The lowest BCUT2D eigenvalue weighted by atomic mass is 10.0. The summed E-state index contributed by atoms with van der Waals surface area (Å²) in [4.78, 5) is 0. The number of rotatable bonds is 2. The average Bonchev–Trinajstić information content (AvgIpc) is 2.30. The molecular weight excluding hydrogens is 201 g/mol. The van der Waals surface area contributed by atoms with Crippen LogP contribution in [0, 0.1) is 0 Å². The van der Waals surface area contributed by atoms with Gasteiger partial charge in [0.1, 0.15) is 5.83 Å². The summed E-state index contributed by atoms with van der Waals surface area (Å²) in [5.74, 6) is -0.413. The summed E-state index contributed by atoms with van der Waals surface area (Å²) in [6, 6.07) is 14.7. The molecule has 0 radical (unpaired) electrons. The fourth-order valence-corrected chi connectivity index (χ4v) is 1.52. The molecule has 0 aliphatic heterocycles. The van der Waals surface area contributed by atoms with Crippen LogP contribution in [0.25, 0.3) is 17.0 Å². The molecule has 2 rings (SSSR count). The van der Waals surface area contributed by atoms with Crippen molar-refractivity contribution in [3.05, 3.63) is 60.7 Å². The summed E-state index contributed by atoms with van der Waals surface area (Å²) in [7, 11) is 0. The van der Waals surface area contributed by atoms with Crippen molar-refractivity contribution in [3.8, 4) is 11.1 Å². The zero-order valence-corrected chi connectivity index (χ0v) is 8.78. The van der Waals surface area contributed by atoms with Gasteiger partial charge in [0.2, 0.25) is 0 Å². The van der Waals surface area contributed by atoms with Crippen molar-refractivity contribution in [1.29, 1.82) is 0 Å². The van der Waals surface area contributed by atoms with Crippen LogP contribution in [0.5, 0.6) is 0 Å². The van der Waals surface area contributed by atoms with Crippen LogP contribution in [0.15, 0.2) is 55.1 Å². The number of hydrogen-bond donors (Lipinski definition) is 1. The molecule has 80 valence electrons. The second-order valence-corrected chi connectivity index (χ2v) is 3.60. The Kier molecular flexibility index (Phi) is 2.73. The second-order valence-electron chi connectivity index (χ2n) is 3.60. The third-order valence-corrected chi connectivity index (χ3v) is 2.44. The van der Waals surface area contributed by atoms with E-state index in [9.17, 15) is 4.39 Å². The standard InChI is InChI=1S/C14H12FN/c1-10(15)11-2-4-12(5-3-11)13-6-8-14(16)9-7-13/h2-9H,1,16H2. The maximum Gasteiger partial charge on any atom is 0.123 e. The van der Waals surface area contributed by atoms with Gasteiger partial charge >= 0.3 is 0 Å². The molecule has 0 atom stereocenters. The largest absolute Gasteiger partial charge is 0.399 e. The Hall–Kier alpha value is -2.09. The van der Waals surface area contributed by atoms with Crippen LogP contribution in [0.1, 0.15) is 5.56 Å². The predicted octanol–water partition coefficient (Wildman–Crippen LogP) is 3.88. The molecule has 0 unspecified atom stereocenters. The minimum atomic E-state index is -0.413. The molecule has 2 aromatic rings. The number of nitrogens with two attached hydrogens (primary N) is 1. The van der Waals surface area contributed by atoms with Gasteiger partial charge < -0.3 is 5.73 Å². The van der Waals surface area contributed by atoms with E-state index in [4.69, 9.17) is 5.73 Å². The number of nitrogen functional groups attached to an aromatic ring is 1. The lowest BCUT2D eigenvalue weighted by Crippen LogP contribution is -1.84. The molecule has 0 saturated heterocycles. The molecule has 0 saturated carbocycles. The first-order valence-corrected chi connectivity index (χ1v) is 4.97. The van der Waals surface area contributed by atoms with Crippen LogP contribution < -0.4 is 5.73 Å². The van der Waals surface area contributed by atoms with Gasteiger partial charge in [0, 0.05) is 11.3 Å². The van der Waals surface area contributed by atoms with Gasteiger partial charge in [0.25, 0.3) is 0 Å². The zero-order valence-electron chi connectivity index (χ0n) is 8.78. The highest BCUT2D eigenvalue weighted by atomic mass is 19.1. The lowest BCUT2D eigenvalue weighted by molar-refractivity contribution is 0.763. The van der Waals surface area contributed by atoms with Gasteiger partial charge in [-0.05, 0) is 23.3 Å². The van der Waals surface area contributed by atoms with Crippen molar-refractivity contribution in [1.82, 2.24) is 0 Å². The minimum Gasteiger partial charge on any atom is -0.399 e. The molecule has 1 nitrogen and oxygen atoms in total. The number of benzene rings is 2. The van der Waals surface area contributed by atoms with E-state index >= 15 is 0 Å². The van der Waals surface area contributed by atoms with Crippen molar-refractivity contribution >= 4 is 11.5 Å². The monoisotopic (exact) mass is 213 g/mol. The van der Waals surface area contributed by atoms with E-state index in [1.807, 2.05) is 36.4 Å². The Morgan fingerprint density at radius 3 is 1.75 bits per heavy atom. The van der Waals surface area contributed by atoms with Gasteiger partial charge in [-0.3, -0.25) is 0 Å². The quantitative estimate of drug-likeness (QED) is 0.753. The van der Waals surface area contributed by atoms with Gasteiger partial charge in [-0.25, -0.2) is 4.39 Å². The molecule has 2 N–H and O–H groups in total. The highest BCUT2D eigenvalue weighted by Crippen LogP contribution is 2.23. The number of anilines is 1. The molecule has 0 heterocycles. The third kappa shape index (κ3) is 2.11. The summed E-state index contributed by atoms with van der Waals surface area (Å²) in [6.45, 7) is 3.26. The molecule has 0 fully saturated rings. The molecule has 16 heavy (non-hydrogen) atoms. The second kappa shape index (κ2) is 4.19. The molecular formula is C14H12FN. The molecule has 0 aliphatic rings. The van der Waals surface area contributed by atoms with Gasteiger partial charge in [-0.1, -0.05) is 43.0 Å². The molecule has 0 aliphatic carbocycles. The van der Waals surface area contributed by atoms with E-state index in [-0.39, 0.29) is 0 Å². The average molecular weight is 213 g/mol. The van der Waals surface area contributed by atoms with E-state index in [1.54, 1.807) is 12.1 Å². The fourth-order valence-electron chi connectivity index (χ4n) is 1.52. The van der Waals surface area contributed by atoms with Crippen LogP contribution in [-0.2, 0) is 0 Å². The third-order valence-electron chi connectivity index (χ3n) is 2.44. The molecule has 0 bridgehead atoms. The van der Waals surface area contributed by atoms with Crippen LogP contribution in [0.3, 0.4) is 0 Å². The van der Waals surface area contributed by atoms with E-state index in [1.165, 1.54) is 0 Å². The first-order chi connectivity index (χ1) is 7.66. The van der Waals surface area contributed by atoms with Crippen molar-refractivity contribution in [2.45, 2.75) is 0 Å². The Bertz CT molecular complexity index is 497. The van der Waals surface area contributed by atoms with E-state index < -0.39 is 5.83 Å². The van der Waals surface area contributed by atoms with Crippen molar-refractivity contribution in [2.75, 3.05) is 5.73 Å². The summed E-state index contributed by atoms with van der Waals surface area (Å²) in [5, 5.41) is 0. The number of halogens is 1. The van der Waals surface area contributed by atoms with Gasteiger partial charge in [-0.15, -0.1) is 0 Å². The topological polar surface area (TPSA) is 26.0 Å². The van der Waals surface area contributed by atoms with E-state index in [0.29, 0.717) is 5.56 Å². The molecule has 0 amide bonds. The molecule has 0 aromatic heterocycles. The maximum absolute atomic E-state index is 12.8. The van der Waals surface area contributed by atoms with E-state index in [2.05, 4.69) is 6.58 Å². The maximum atomic E-state index is 12.8. The van der Waals surface area contributed by atoms with Crippen molar-refractivity contribution < 1.29 is 4.39 Å². The van der Waals surface area contributed by atoms with Crippen LogP contribution in [-0.4, -0.2) is 0 Å². The lowest BCUT2D eigenvalue weighted by Gasteiger charge is -2.03. The van der Waals surface area contributed by atoms with Gasteiger partial charge in [0.05, 0.1) is 0 Å². The van der Waals surface area contributed by atoms with Gasteiger partial charge in [-0.2, -0.15) is 0 Å². The van der Waals surface area contributed by atoms with Crippen LogP contribution >= 0.6 is 0 Å². The summed E-state index contributed by atoms with van der Waals surface area (Å²) >= 11 is 0.